The highest BCUT2D eigenvalue weighted by Crippen LogP contribution is 2.31. The molecule has 22 heavy (non-hydrogen) atoms. The summed E-state index contributed by atoms with van der Waals surface area (Å²) >= 11 is 0. The van der Waals surface area contributed by atoms with Crippen LogP contribution in [0.25, 0.3) is 0 Å². The summed E-state index contributed by atoms with van der Waals surface area (Å²) in [5.41, 5.74) is 3.15. The topological polar surface area (TPSA) is 16.1 Å². The van der Waals surface area contributed by atoms with Crippen LogP contribution in [-0.2, 0) is 5.41 Å². The van der Waals surface area contributed by atoms with Crippen LogP contribution in [0.4, 0.5) is 5.82 Å². The predicted octanol–water partition coefficient (Wildman–Crippen LogP) is 4.76. The first-order valence-corrected chi connectivity index (χ1v) is 8.30. The standard InChI is InChI=1S/C20H26N2/c1-20(2,3)18-9-7-16(8-10-18)17-11-14-22(15-12-17)19-6-4-5-13-21-19/h4-10,13,17H,11-12,14-15H2,1-3H3. The number of hydrogen-bond acceptors (Lipinski definition) is 2. The Labute approximate surface area is 134 Å². The van der Waals surface area contributed by atoms with E-state index in [1.165, 1.54) is 24.0 Å². The van der Waals surface area contributed by atoms with Gasteiger partial charge in [-0.2, -0.15) is 0 Å². The number of aromatic nitrogens is 1. The van der Waals surface area contributed by atoms with Crippen molar-refractivity contribution in [2.45, 2.75) is 44.9 Å². The third-order valence-electron chi connectivity index (χ3n) is 4.72. The average Bonchev–Trinajstić information content (AvgIpc) is 2.55. The Balaban J connectivity index is 1.64. The second-order valence-corrected chi connectivity index (χ2v) is 7.32. The normalized spacial score (nSPS) is 16.8. The lowest BCUT2D eigenvalue weighted by atomic mass is 9.84. The lowest BCUT2D eigenvalue weighted by Crippen LogP contribution is -2.33. The molecule has 2 aromatic rings. The molecule has 0 atom stereocenters. The zero-order valence-corrected chi connectivity index (χ0v) is 13.9. The zero-order valence-electron chi connectivity index (χ0n) is 13.9. The Hall–Kier alpha value is -1.83. The van der Waals surface area contributed by atoms with Gasteiger partial charge in [-0.1, -0.05) is 51.1 Å². The van der Waals surface area contributed by atoms with E-state index in [4.69, 9.17) is 0 Å². The van der Waals surface area contributed by atoms with Crippen LogP contribution in [-0.4, -0.2) is 18.1 Å². The molecule has 0 saturated carbocycles. The summed E-state index contributed by atoms with van der Waals surface area (Å²) in [6.07, 6.45) is 4.31. The van der Waals surface area contributed by atoms with E-state index < -0.39 is 0 Å². The summed E-state index contributed by atoms with van der Waals surface area (Å²) in [7, 11) is 0. The molecule has 1 aliphatic rings. The van der Waals surface area contributed by atoms with Crippen LogP contribution in [0.5, 0.6) is 0 Å². The van der Waals surface area contributed by atoms with E-state index in [-0.39, 0.29) is 5.41 Å². The lowest BCUT2D eigenvalue weighted by Gasteiger charge is -2.33. The fraction of sp³-hybridized carbons (Fsp3) is 0.450. The van der Waals surface area contributed by atoms with Gasteiger partial charge in [0, 0.05) is 19.3 Å². The first-order chi connectivity index (χ1) is 10.5. The number of piperidine rings is 1. The van der Waals surface area contributed by atoms with E-state index in [0.29, 0.717) is 5.92 Å². The summed E-state index contributed by atoms with van der Waals surface area (Å²) < 4.78 is 0. The quantitative estimate of drug-likeness (QED) is 0.793. The second-order valence-electron chi connectivity index (χ2n) is 7.32. The number of nitrogens with zero attached hydrogens (tertiary/aromatic N) is 2. The van der Waals surface area contributed by atoms with Crippen molar-refractivity contribution in [3.8, 4) is 0 Å². The maximum absolute atomic E-state index is 4.46. The molecule has 0 N–H and O–H groups in total. The molecule has 1 fully saturated rings. The Kier molecular flexibility index (Phi) is 4.19. The molecule has 1 aliphatic heterocycles. The molecule has 1 aromatic carbocycles. The van der Waals surface area contributed by atoms with Crippen LogP contribution >= 0.6 is 0 Å². The first-order valence-electron chi connectivity index (χ1n) is 8.30. The third-order valence-corrected chi connectivity index (χ3v) is 4.72. The molecule has 0 spiro atoms. The van der Waals surface area contributed by atoms with E-state index in [1.54, 1.807) is 0 Å². The van der Waals surface area contributed by atoms with Gasteiger partial charge in [0.15, 0.2) is 0 Å². The molecule has 116 valence electrons. The van der Waals surface area contributed by atoms with Crippen molar-refractivity contribution in [2.75, 3.05) is 18.0 Å². The Morgan fingerprint density at radius 1 is 0.955 bits per heavy atom. The summed E-state index contributed by atoms with van der Waals surface area (Å²) in [5, 5.41) is 0. The molecule has 0 aliphatic carbocycles. The molecule has 0 amide bonds. The predicted molar refractivity (Wildman–Crippen MR) is 93.6 cm³/mol. The molecular formula is C20H26N2. The SMILES string of the molecule is CC(C)(C)c1ccc(C2CCN(c3ccccn3)CC2)cc1. The van der Waals surface area contributed by atoms with Gasteiger partial charge in [-0.05, 0) is 47.4 Å². The maximum atomic E-state index is 4.46. The fourth-order valence-corrected chi connectivity index (χ4v) is 3.24. The molecule has 0 radical (unpaired) electrons. The van der Waals surface area contributed by atoms with Crippen molar-refractivity contribution >= 4 is 5.82 Å². The highest BCUT2D eigenvalue weighted by atomic mass is 15.2. The Morgan fingerprint density at radius 2 is 1.64 bits per heavy atom. The molecule has 0 bridgehead atoms. The number of rotatable bonds is 2. The summed E-state index contributed by atoms with van der Waals surface area (Å²) in [6, 6.07) is 15.4. The van der Waals surface area contributed by atoms with Gasteiger partial charge in [0.25, 0.3) is 0 Å². The van der Waals surface area contributed by atoms with Crippen LogP contribution in [0, 0.1) is 0 Å². The van der Waals surface area contributed by atoms with Crippen molar-refractivity contribution in [3.63, 3.8) is 0 Å². The van der Waals surface area contributed by atoms with Crippen LogP contribution in [0.2, 0.25) is 0 Å². The highest BCUT2D eigenvalue weighted by Gasteiger charge is 2.22. The van der Waals surface area contributed by atoms with Crippen molar-refractivity contribution in [3.05, 3.63) is 59.8 Å². The summed E-state index contributed by atoms with van der Waals surface area (Å²) in [4.78, 5) is 6.87. The van der Waals surface area contributed by atoms with Gasteiger partial charge in [0.2, 0.25) is 0 Å². The minimum atomic E-state index is 0.237. The van der Waals surface area contributed by atoms with Crippen LogP contribution in [0.3, 0.4) is 0 Å². The van der Waals surface area contributed by atoms with E-state index in [9.17, 15) is 0 Å². The largest absolute Gasteiger partial charge is 0.357 e. The van der Waals surface area contributed by atoms with Crippen LogP contribution in [0.1, 0.15) is 50.7 Å². The van der Waals surface area contributed by atoms with Gasteiger partial charge in [-0.3, -0.25) is 0 Å². The number of hydrogen-bond donors (Lipinski definition) is 0. The molecule has 1 aromatic heterocycles. The van der Waals surface area contributed by atoms with E-state index in [1.807, 2.05) is 12.3 Å². The third kappa shape index (κ3) is 3.32. The van der Waals surface area contributed by atoms with Gasteiger partial charge in [-0.15, -0.1) is 0 Å². The van der Waals surface area contributed by atoms with Crippen LogP contribution in [0.15, 0.2) is 48.7 Å². The zero-order chi connectivity index (χ0) is 15.6. The van der Waals surface area contributed by atoms with Crippen LogP contribution < -0.4 is 4.90 Å². The molecule has 0 unspecified atom stereocenters. The minimum Gasteiger partial charge on any atom is -0.357 e. The van der Waals surface area contributed by atoms with Crippen molar-refractivity contribution in [1.29, 1.82) is 0 Å². The minimum absolute atomic E-state index is 0.237. The van der Waals surface area contributed by atoms with Crippen molar-refractivity contribution in [1.82, 2.24) is 4.98 Å². The van der Waals surface area contributed by atoms with Gasteiger partial charge in [0.05, 0.1) is 0 Å². The number of anilines is 1. The van der Waals surface area contributed by atoms with Crippen molar-refractivity contribution in [2.24, 2.45) is 0 Å². The maximum Gasteiger partial charge on any atom is 0.128 e. The Bertz CT molecular complexity index is 588. The van der Waals surface area contributed by atoms with E-state index in [2.05, 4.69) is 67.1 Å². The van der Waals surface area contributed by atoms with Gasteiger partial charge in [0.1, 0.15) is 5.82 Å². The van der Waals surface area contributed by atoms with E-state index in [0.717, 1.165) is 18.9 Å². The van der Waals surface area contributed by atoms with Gasteiger partial charge in [-0.25, -0.2) is 4.98 Å². The van der Waals surface area contributed by atoms with Gasteiger partial charge < -0.3 is 4.90 Å². The Morgan fingerprint density at radius 3 is 2.18 bits per heavy atom. The highest BCUT2D eigenvalue weighted by molar-refractivity contribution is 5.39. The lowest BCUT2D eigenvalue weighted by molar-refractivity contribution is 0.502. The number of pyridine rings is 1. The number of benzene rings is 1. The first kappa shape index (κ1) is 15.1. The fourth-order valence-electron chi connectivity index (χ4n) is 3.24. The molecule has 2 heterocycles. The summed E-state index contributed by atoms with van der Waals surface area (Å²) in [6.45, 7) is 9.01. The van der Waals surface area contributed by atoms with Crippen molar-refractivity contribution < 1.29 is 0 Å². The van der Waals surface area contributed by atoms with E-state index >= 15 is 0 Å². The van der Waals surface area contributed by atoms with Gasteiger partial charge >= 0.3 is 0 Å². The molecule has 1 saturated heterocycles. The molecular weight excluding hydrogens is 268 g/mol. The molecule has 3 rings (SSSR count). The average molecular weight is 294 g/mol. The molecule has 2 nitrogen and oxygen atoms in total. The second kappa shape index (κ2) is 6.12. The smallest absolute Gasteiger partial charge is 0.128 e. The molecule has 2 heteroatoms. The summed E-state index contributed by atoms with van der Waals surface area (Å²) in [5.74, 6) is 1.80. The monoisotopic (exact) mass is 294 g/mol.